The van der Waals surface area contributed by atoms with E-state index < -0.39 is 23.5 Å². The smallest absolute Gasteiger partial charge is 0.227 e. The predicted molar refractivity (Wildman–Crippen MR) is 153 cm³/mol. The molecule has 12 heteroatoms. The number of thiazole rings is 1. The lowest BCUT2D eigenvalue weighted by Gasteiger charge is -2.31. The second-order valence-electron chi connectivity index (χ2n) is 10.1. The first kappa shape index (κ1) is 28.0. The molecule has 4 atom stereocenters. The van der Waals surface area contributed by atoms with Gasteiger partial charge in [0.1, 0.15) is 28.4 Å². The molecule has 0 aliphatic heterocycles. The standard InChI is InChI=1S/C28H33N5O6S/c1-15-22(25-30-20-7-5-6-8-21(20)40-25)24(32-28(37)10-9-16(14-34)23(28)35)31-26(29-15)33-27(2,36)17-11-18(38-3)13-19(12-17)39-4/h5-8,11-13,16,23,34-37H,9-10,14H2,1-4H3,(H2,29,31,32,33). The third kappa shape index (κ3) is 5.28. The van der Waals surface area contributed by atoms with Gasteiger partial charge in [0.15, 0.2) is 11.4 Å². The lowest BCUT2D eigenvalue weighted by molar-refractivity contribution is -0.0545. The summed E-state index contributed by atoms with van der Waals surface area (Å²) >= 11 is 1.45. The lowest BCUT2D eigenvalue weighted by Crippen LogP contribution is -2.48. The fourth-order valence-electron chi connectivity index (χ4n) is 4.97. The number of ether oxygens (including phenoxy) is 2. The van der Waals surface area contributed by atoms with E-state index in [4.69, 9.17) is 14.5 Å². The van der Waals surface area contributed by atoms with E-state index in [0.29, 0.717) is 39.7 Å². The number of benzene rings is 2. The van der Waals surface area contributed by atoms with E-state index in [1.54, 1.807) is 32.0 Å². The summed E-state index contributed by atoms with van der Waals surface area (Å²) in [4.78, 5) is 14.0. The van der Waals surface area contributed by atoms with Crippen LogP contribution in [0, 0.1) is 12.8 Å². The van der Waals surface area contributed by atoms with Crippen LogP contribution in [0.1, 0.15) is 31.0 Å². The fraction of sp³-hybridized carbons (Fsp3) is 0.393. The van der Waals surface area contributed by atoms with Gasteiger partial charge >= 0.3 is 0 Å². The van der Waals surface area contributed by atoms with Gasteiger partial charge in [-0.25, -0.2) is 9.97 Å². The van der Waals surface area contributed by atoms with Crippen LogP contribution in [0.3, 0.4) is 0 Å². The van der Waals surface area contributed by atoms with Crippen molar-refractivity contribution in [1.82, 2.24) is 15.0 Å². The number of para-hydroxylation sites is 1. The largest absolute Gasteiger partial charge is 0.497 e. The average Bonchev–Trinajstić information content (AvgIpc) is 3.47. The maximum atomic E-state index is 11.4. The second kappa shape index (κ2) is 10.8. The molecule has 0 amide bonds. The number of hydrogen-bond acceptors (Lipinski definition) is 12. The molecule has 1 saturated carbocycles. The molecule has 1 fully saturated rings. The number of aliphatic hydroxyl groups excluding tert-OH is 2. The van der Waals surface area contributed by atoms with Crippen molar-refractivity contribution in [2.45, 2.75) is 44.2 Å². The van der Waals surface area contributed by atoms with Crippen LogP contribution in [0.2, 0.25) is 0 Å². The molecule has 1 aliphatic rings. The highest BCUT2D eigenvalue weighted by molar-refractivity contribution is 7.21. The minimum atomic E-state index is -1.74. The Bertz CT molecular complexity index is 1470. The fourth-order valence-corrected chi connectivity index (χ4v) is 6.03. The van der Waals surface area contributed by atoms with Crippen molar-refractivity contribution in [2.75, 3.05) is 31.5 Å². The molecular weight excluding hydrogens is 534 g/mol. The molecule has 4 aromatic rings. The Morgan fingerprint density at radius 2 is 1.80 bits per heavy atom. The van der Waals surface area contributed by atoms with E-state index in [1.807, 2.05) is 24.3 Å². The molecule has 40 heavy (non-hydrogen) atoms. The zero-order chi connectivity index (χ0) is 28.7. The van der Waals surface area contributed by atoms with Gasteiger partial charge in [0.25, 0.3) is 0 Å². The van der Waals surface area contributed by atoms with Gasteiger partial charge in [0.05, 0.1) is 35.7 Å². The minimum Gasteiger partial charge on any atom is -0.497 e. The number of nitrogens with one attached hydrogen (secondary N) is 2. The lowest BCUT2D eigenvalue weighted by atomic mass is 10.0. The number of aromatic nitrogens is 3. The van der Waals surface area contributed by atoms with Crippen molar-refractivity contribution < 1.29 is 29.9 Å². The Balaban J connectivity index is 1.58. The quantitative estimate of drug-likeness (QED) is 0.165. The Kier molecular flexibility index (Phi) is 7.55. The van der Waals surface area contributed by atoms with Crippen LogP contribution in [0.25, 0.3) is 20.8 Å². The van der Waals surface area contributed by atoms with E-state index in [9.17, 15) is 20.4 Å². The molecule has 2 heterocycles. The minimum absolute atomic E-state index is 0.0754. The Morgan fingerprint density at radius 1 is 1.10 bits per heavy atom. The van der Waals surface area contributed by atoms with Crippen LogP contribution in [0.4, 0.5) is 11.8 Å². The molecule has 0 saturated heterocycles. The summed E-state index contributed by atoms with van der Waals surface area (Å²) in [6, 6.07) is 12.8. The highest BCUT2D eigenvalue weighted by Crippen LogP contribution is 2.41. The Morgan fingerprint density at radius 3 is 2.42 bits per heavy atom. The van der Waals surface area contributed by atoms with Crippen LogP contribution >= 0.6 is 11.3 Å². The first-order valence-electron chi connectivity index (χ1n) is 12.8. The second-order valence-corrected chi connectivity index (χ2v) is 11.1. The maximum absolute atomic E-state index is 11.4. The number of fused-ring (bicyclic) bond motifs is 1. The van der Waals surface area contributed by atoms with Gasteiger partial charge in [-0.05, 0) is 51.0 Å². The number of anilines is 2. The SMILES string of the molecule is COc1cc(OC)cc(C(C)(O)Nc2nc(C)c(-c3nc4ccccc4s3)c(NC3(O)CCC(CO)C3O)n2)c1. The summed E-state index contributed by atoms with van der Waals surface area (Å²) in [6.45, 7) is 3.08. The molecule has 0 bridgehead atoms. The van der Waals surface area contributed by atoms with Crippen LogP contribution in [0.15, 0.2) is 42.5 Å². The number of methoxy groups -OCH3 is 2. The zero-order valence-electron chi connectivity index (χ0n) is 22.7. The van der Waals surface area contributed by atoms with E-state index >= 15 is 0 Å². The van der Waals surface area contributed by atoms with E-state index in [2.05, 4.69) is 20.6 Å². The normalized spacial score (nSPS) is 22.2. The summed E-state index contributed by atoms with van der Waals surface area (Å²) in [5.41, 5.74) is -1.03. The molecule has 6 N–H and O–H groups in total. The van der Waals surface area contributed by atoms with Crippen molar-refractivity contribution in [3.8, 4) is 22.1 Å². The molecule has 2 aromatic heterocycles. The zero-order valence-corrected chi connectivity index (χ0v) is 23.5. The topological polar surface area (TPSA) is 162 Å². The van der Waals surface area contributed by atoms with Gasteiger partial charge in [0.2, 0.25) is 5.95 Å². The predicted octanol–water partition coefficient (Wildman–Crippen LogP) is 3.22. The molecule has 0 radical (unpaired) electrons. The number of aryl methyl sites for hydroxylation is 1. The molecule has 5 rings (SSSR count). The van der Waals surface area contributed by atoms with Crippen LogP contribution in [-0.4, -0.2) is 68.0 Å². The molecule has 212 valence electrons. The number of aliphatic hydroxyl groups is 4. The van der Waals surface area contributed by atoms with Crippen LogP contribution in [0.5, 0.6) is 11.5 Å². The van der Waals surface area contributed by atoms with Crippen LogP contribution < -0.4 is 20.1 Å². The van der Waals surface area contributed by atoms with Crippen molar-refractivity contribution in [3.05, 3.63) is 53.7 Å². The first-order chi connectivity index (χ1) is 19.1. The van der Waals surface area contributed by atoms with Gasteiger partial charge in [-0.15, -0.1) is 11.3 Å². The summed E-state index contributed by atoms with van der Waals surface area (Å²) in [5, 5.41) is 49.9. The summed E-state index contributed by atoms with van der Waals surface area (Å²) in [7, 11) is 3.05. The highest BCUT2D eigenvalue weighted by atomic mass is 32.1. The summed E-state index contributed by atoms with van der Waals surface area (Å²) in [5.74, 6) is 0.822. The van der Waals surface area contributed by atoms with E-state index in [1.165, 1.54) is 25.6 Å². The maximum Gasteiger partial charge on any atom is 0.227 e. The monoisotopic (exact) mass is 567 g/mol. The Hall–Kier alpha value is -3.55. The van der Waals surface area contributed by atoms with Crippen molar-refractivity contribution in [3.63, 3.8) is 0 Å². The molecule has 0 spiro atoms. The number of rotatable bonds is 9. The summed E-state index contributed by atoms with van der Waals surface area (Å²) < 4.78 is 11.7. The van der Waals surface area contributed by atoms with Gasteiger partial charge in [-0.1, -0.05) is 12.1 Å². The summed E-state index contributed by atoms with van der Waals surface area (Å²) in [6.07, 6.45) is -0.592. The van der Waals surface area contributed by atoms with Crippen LogP contribution in [-0.2, 0) is 5.72 Å². The van der Waals surface area contributed by atoms with E-state index in [-0.39, 0.29) is 24.8 Å². The van der Waals surface area contributed by atoms with E-state index in [0.717, 1.165) is 10.2 Å². The van der Waals surface area contributed by atoms with Crippen molar-refractivity contribution in [1.29, 1.82) is 0 Å². The number of nitrogens with zero attached hydrogens (tertiary/aromatic N) is 3. The Labute approximate surface area is 235 Å². The van der Waals surface area contributed by atoms with Crippen molar-refractivity contribution in [2.24, 2.45) is 5.92 Å². The first-order valence-corrected chi connectivity index (χ1v) is 13.7. The van der Waals surface area contributed by atoms with Gasteiger partial charge in [0, 0.05) is 24.2 Å². The molecular formula is C28H33N5O6S. The highest BCUT2D eigenvalue weighted by Gasteiger charge is 2.47. The molecule has 4 unspecified atom stereocenters. The molecule has 11 nitrogen and oxygen atoms in total. The van der Waals surface area contributed by atoms with Crippen molar-refractivity contribution >= 4 is 33.3 Å². The van der Waals surface area contributed by atoms with Gasteiger partial charge < -0.3 is 40.5 Å². The third-order valence-corrected chi connectivity index (χ3v) is 8.32. The molecule has 1 aliphatic carbocycles. The molecule has 2 aromatic carbocycles. The third-order valence-electron chi connectivity index (χ3n) is 7.27. The van der Waals surface area contributed by atoms with Gasteiger partial charge in [-0.2, -0.15) is 4.98 Å². The number of hydrogen-bond donors (Lipinski definition) is 6. The average molecular weight is 568 g/mol. The van der Waals surface area contributed by atoms with Gasteiger partial charge in [-0.3, -0.25) is 0 Å².